The van der Waals surface area contributed by atoms with E-state index in [2.05, 4.69) is 6.92 Å². The standard InChI is InChI=1S/C24H33F2N/c1-2-3-17-4-6-18(7-5-17)8-9-19-10-12-20(13-11-19)21-14-23(25)22(16-27)24(26)15-21/h14-15,17-20H,2-13H2,1H3/t17-,18-,19?,20?. The van der Waals surface area contributed by atoms with Gasteiger partial charge in [0, 0.05) is 0 Å². The molecule has 3 heteroatoms. The minimum atomic E-state index is -0.715. The van der Waals surface area contributed by atoms with E-state index in [-0.39, 0.29) is 5.92 Å². The first-order valence-electron chi connectivity index (χ1n) is 11.0. The van der Waals surface area contributed by atoms with Crippen LogP contribution in [0.4, 0.5) is 8.78 Å². The SMILES string of the molecule is CCC[C@H]1CC[C@H](CCC2CCC(c3cc(F)c(C#N)c(F)c3)CC2)CC1. The number of hydrogen-bond donors (Lipinski definition) is 0. The quantitative estimate of drug-likeness (QED) is 0.506. The zero-order valence-corrected chi connectivity index (χ0v) is 16.7. The van der Waals surface area contributed by atoms with E-state index in [1.807, 2.05) is 0 Å². The van der Waals surface area contributed by atoms with Gasteiger partial charge in [0.05, 0.1) is 0 Å². The summed E-state index contributed by atoms with van der Waals surface area (Å²) in [5.74, 6) is 1.50. The number of nitriles is 1. The number of nitrogens with zero attached hydrogens (tertiary/aromatic N) is 1. The number of halogens is 2. The van der Waals surface area contributed by atoms with Crippen molar-refractivity contribution in [2.45, 2.75) is 89.9 Å². The summed E-state index contributed by atoms with van der Waals surface area (Å²) >= 11 is 0. The average Bonchev–Trinajstić information content (AvgIpc) is 2.68. The van der Waals surface area contributed by atoms with Gasteiger partial charge in [0.2, 0.25) is 0 Å². The molecular formula is C24H33F2N. The summed E-state index contributed by atoms with van der Waals surface area (Å²) in [5, 5.41) is 8.81. The lowest BCUT2D eigenvalue weighted by Crippen LogP contribution is -2.18. The summed E-state index contributed by atoms with van der Waals surface area (Å²) in [6.45, 7) is 2.29. The maximum absolute atomic E-state index is 13.9. The summed E-state index contributed by atoms with van der Waals surface area (Å²) in [5.41, 5.74) is 0.276. The molecule has 148 valence electrons. The second kappa shape index (κ2) is 9.67. The van der Waals surface area contributed by atoms with Crippen LogP contribution in [0.15, 0.2) is 12.1 Å². The van der Waals surface area contributed by atoms with Crippen LogP contribution in [0.2, 0.25) is 0 Å². The molecule has 0 spiro atoms. The third-order valence-electron chi connectivity index (χ3n) is 7.14. The molecule has 0 aromatic heterocycles. The third-order valence-corrected chi connectivity index (χ3v) is 7.14. The molecule has 1 aromatic carbocycles. The molecule has 0 N–H and O–H groups in total. The predicted molar refractivity (Wildman–Crippen MR) is 105 cm³/mol. The van der Waals surface area contributed by atoms with Gasteiger partial charge in [-0.2, -0.15) is 5.26 Å². The van der Waals surface area contributed by atoms with Crippen molar-refractivity contribution >= 4 is 0 Å². The van der Waals surface area contributed by atoms with E-state index in [1.54, 1.807) is 6.07 Å². The fraction of sp³-hybridized carbons (Fsp3) is 0.708. The molecule has 0 unspecified atom stereocenters. The Bertz CT molecular complexity index is 624. The topological polar surface area (TPSA) is 23.8 Å². The average molecular weight is 374 g/mol. The second-order valence-corrected chi connectivity index (χ2v) is 8.94. The Kier molecular flexibility index (Phi) is 7.27. The molecule has 0 bridgehead atoms. The van der Waals surface area contributed by atoms with Crippen molar-refractivity contribution in [3.8, 4) is 6.07 Å². The van der Waals surface area contributed by atoms with Gasteiger partial charge in [-0.1, -0.05) is 58.3 Å². The van der Waals surface area contributed by atoms with Crippen molar-refractivity contribution < 1.29 is 8.78 Å². The Labute approximate surface area is 163 Å². The predicted octanol–water partition coefficient (Wildman–Crippen LogP) is 7.50. The van der Waals surface area contributed by atoms with E-state index < -0.39 is 17.2 Å². The van der Waals surface area contributed by atoms with Gasteiger partial charge in [0.15, 0.2) is 0 Å². The molecule has 0 aliphatic heterocycles. The Morgan fingerprint density at radius 1 is 0.815 bits per heavy atom. The molecule has 2 fully saturated rings. The Morgan fingerprint density at radius 2 is 1.26 bits per heavy atom. The normalized spacial score (nSPS) is 28.7. The van der Waals surface area contributed by atoms with Gasteiger partial charge in [0.1, 0.15) is 23.3 Å². The second-order valence-electron chi connectivity index (χ2n) is 8.94. The summed E-state index contributed by atoms with van der Waals surface area (Å²) in [6.07, 6.45) is 15.5. The summed E-state index contributed by atoms with van der Waals surface area (Å²) in [6, 6.07) is 4.36. The van der Waals surface area contributed by atoms with Gasteiger partial charge >= 0.3 is 0 Å². The molecule has 27 heavy (non-hydrogen) atoms. The van der Waals surface area contributed by atoms with Gasteiger partial charge in [0.25, 0.3) is 0 Å². The van der Waals surface area contributed by atoms with Gasteiger partial charge in [-0.15, -0.1) is 0 Å². The molecule has 1 aromatic rings. The zero-order chi connectivity index (χ0) is 19.2. The van der Waals surface area contributed by atoms with E-state index >= 15 is 0 Å². The molecule has 2 saturated carbocycles. The smallest absolute Gasteiger partial charge is 0.144 e. The lowest BCUT2D eigenvalue weighted by Gasteiger charge is -2.32. The van der Waals surface area contributed by atoms with Crippen LogP contribution < -0.4 is 0 Å². The number of rotatable bonds is 6. The highest BCUT2D eigenvalue weighted by Crippen LogP contribution is 2.40. The summed E-state index contributed by atoms with van der Waals surface area (Å²) in [7, 11) is 0. The minimum absolute atomic E-state index is 0.238. The van der Waals surface area contributed by atoms with Crippen LogP contribution in [0.3, 0.4) is 0 Å². The van der Waals surface area contributed by atoms with Crippen molar-refractivity contribution in [1.29, 1.82) is 5.26 Å². The minimum Gasteiger partial charge on any atom is -0.205 e. The lowest BCUT2D eigenvalue weighted by molar-refractivity contribution is 0.224. The fourth-order valence-electron chi connectivity index (χ4n) is 5.41. The highest BCUT2D eigenvalue weighted by atomic mass is 19.1. The van der Waals surface area contributed by atoms with Gasteiger partial charge in [-0.05, 0) is 67.1 Å². The molecule has 1 nitrogen and oxygen atoms in total. The Balaban J connectivity index is 1.43. The van der Waals surface area contributed by atoms with Crippen molar-refractivity contribution in [3.05, 3.63) is 34.9 Å². The third kappa shape index (κ3) is 5.31. The molecule has 0 atom stereocenters. The first-order chi connectivity index (χ1) is 13.1. The molecule has 0 radical (unpaired) electrons. The number of benzene rings is 1. The van der Waals surface area contributed by atoms with Gasteiger partial charge in [-0.3, -0.25) is 0 Å². The van der Waals surface area contributed by atoms with Crippen LogP contribution in [0, 0.1) is 40.7 Å². The zero-order valence-electron chi connectivity index (χ0n) is 16.7. The molecular weight excluding hydrogens is 340 g/mol. The van der Waals surface area contributed by atoms with E-state index in [4.69, 9.17) is 5.26 Å². The van der Waals surface area contributed by atoms with E-state index in [1.165, 1.54) is 76.3 Å². The van der Waals surface area contributed by atoms with E-state index in [0.717, 1.165) is 36.2 Å². The van der Waals surface area contributed by atoms with Crippen LogP contribution >= 0.6 is 0 Å². The van der Waals surface area contributed by atoms with Crippen LogP contribution in [0.1, 0.15) is 101 Å². The molecule has 3 rings (SSSR count). The maximum Gasteiger partial charge on any atom is 0.144 e. The van der Waals surface area contributed by atoms with E-state index in [9.17, 15) is 8.78 Å². The van der Waals surface area contributed by atoms with Gasteiger partial charge < -0.3 is 0 Å². The Morgan fingerprint density at radius 3 is 1.70 bits per heavy atom. The molecule has 0 saturated heterocycles. The number of hydrogen-bond acceptors (Lipinski definition) is 1. The van der Waals surface area contributed by atoms with Crippen LogP contribution in [0.25, 0.3) is 0 Å². The molecule has 2 aliphatic carbocycles. The fourth-order valence-corrected chi connectivity index (χ4v) is 5.41. The summed E-state index contributed by atoms with van der Waals surface area (Å²) in [4.78, 5) is 0. The molecule has 0 heterocycles. The first kappa shape index (κ1) is 20.3. The van der Waals surface area contributed by atoms with Crippen molar-refractivity contribution in [2.75, 3.05) is 0 Å². The first-order valence-corrected chi connectivity index (χ1v) is 11.0. The van der Waals surface area contributed by atoms with Crippen LogP contribution in [-0.4, -0.2) is 0 Å². The Hall–Kier alpha value is -1.43. The van der Waals surface area contributed by atoms with Crippen LogP contribution in [-0.2, 0) is 0 Å². The van der Waals surface area contributed by atoms with Gasteiger partial charge in [-0.25, -0.2) is 8.78 Å². The summed E-state index contributed by atoms with van der Waals surface area (Å²) < 4.78 is 27.8. The largest absolute Gasteiger partial charge is 0.205 e. The van der Waals surface area contributed by atoms with Crippen LogP contribution in [0.5, 0.6) is 0 Å². The molecule has 0 amide bonds. The highest BCUT2D eigenvalue weighted by Gasteiger charge is 2.26. The lowest BCUT2D eigenvalue weighted by atomic mass is 9.74. The van der Waals surface area contributed by atoms with E-state index in [0.29, 0.717) is 0 Å². The maximum atomic E-state index is 13.9. The van der Waals surface area contributed by atoms with Crippen molar-refractivity contribution in [1.82, 2.24) is 0 Å². The highest BCUT2D eigenvalue weighted by molar-refractivity contribution is 5.36. The monoisotopic (exact) mass is 373 g/mol. The van der Waals surface area contributed by atoms with Crippen molar-refractivity contribution in [3.63, 3.8) is 0 Å². The van der Waals surface area contributed by atoms with Crippen molar-refractivity contribution in [2.24, 2.45) is 17.8 Å². The molecule has 2 aliphatic rings.